The van der Waals surface area contributed by atoms with Crippen molar-refractivity contribution in [2.24, 2.45) is 5.92 Å². The lowest BCUT2D eigenvalue weighted by Gasteiger charge is -2.22. The maximum Gasteiger partial charge on any atom is 0.230 e. The highest BCUT2D eigenvalue weighted by Crippen LogP contribution is 2.23. The first-order valence-corrected chi connectivity index (χ1v) is 9.78. The van der Waals surface area contributed by atoms with Crippen LogP contribution in [0.1, 0.15) is 25.5 Å². The molecule has 0 aliphatic heterocycles. The molecular weight excluding hydrogens is 358 g/mol. The summed E-state index contributed by atoms with van der Waals surface area (Å²) in [4.78, 5) is 12.5. The number of nitrogens with zero attached hydrogens (tertiary/aromatic N) is 3. The number of amides is 1. The van der Waals surface area contributed by atoms with E-state index in [9.17, 15) is 4.79 Å². The number of benzene rings is 2. The summed E-state index contributed by atoms with van der Waals surface area (Å²) in [6.07, 6.45) is 0. The van der Waals surface area contributed by atoms with Gasteiger partial charge in [-0.05, 0) is 11.5 Å². The molecule has 1 heterocycles. The zero-order valence-electron chi connectivity index (χ0n) is 15.4. The van der Waals surface area contributed by atoms with E-state index < -0.39 is 0 Å². The van der Waals surface area contributed by atoms with Gasteiger partial charge in [-0.15, -0.1) is 10.2 Å². The van der Waals surface area contributed by atoms with Crippen molar-refractivity contribution in [1.29, 1.82) is 0 Å². The zero-order chi connectivity index (χ0) is 19.2. The van der Waals surface area contributed by atoms with Gasteiger partial charge in [-0.25, -0.2) is 4.68 Å². The molecular formula is C20H23N5OS. The van der Waals surface area contributed by atoms with Gasteiger partial charge in [-0.2, -0.15) is 0 Å². The zero-order valence-corrected chi connectivity index (χ0v) is 16.2. The van der Waals surface area contributed by atoms with Gasteiger partial charge in [0.15, 0.2) is 5.82 Å². The molecule has 0 aliphatic carbocycles. The molecule has 3 N–H and O–H groups in total. The van der Waals surface area contributed by atoms with Crippen molar-refractivity contribution >= 4 is 17.7 Å². The van der Waals surface area contributed by atoms with Crippen LogP contribution in [0.5, 0.6) is 0 Å². The number of nitrogens with one attached hydrogen (secondary N) is 1. The lowest BCUT2D eigenvalue weighted by atomic mass is 9.96. The topological polar surface area (TPSA) is 85.8 Å². The van der Waals surface area contributed by atoms with Gasteiger partial charge in [0.2, 0.25) is 11.1 Å². The normalized spacial score (nSPS) is 12.1. The number of aromatic nitrogens is 3. The van der Waals surface area contributed by atoms with Gasteiger partial charge in [0.25, 0.3) is 0 Å². The van der Waals surface area contributed by atoms with Crippen LogP contribution in [-0.2, 0) is 4.79 Å². The van der Waals surface area contributed by atoms with Crippen LogP contribution < -0.4 is 11.2 Å². The Balaban J connectivity index is 1.63. The van der Waals surface area contributed by atoms with E-state index in [0.29, 0.717) is 11.0 Å². The van der Waals surface area contributed by atoms with E-state index in [1.165, 1.54) is 16.4 Å². The first kappa shape index (κ1) is 19.0. The summed E-state index contributed by atoms with van der Waals surface area (Å²) < 4.78 is 1.42. The van der Waals surface area contributed by atoms with Gasteiger partial charge < -0.3 is 11.2 Å². The van der Waals surface area contributed by atoms with Gasteiger partial charge in [0, 0.05) is 5.56 Å². The first-order valence-electron chi connectivity index (χ1n) is 8.79. The van der Waals surface area contributed by atoms with E-state index in [1.807, 2.05) is 60.7 Å². The van der Waals surface area contributed by atoms with Gasteiger partial charge >= 0.3 is 0 Å². The number of nitrogens with two attached hydrogens (primary N) is 1. The predicted octanol–water partition coefficient (Wildman–Crippen LogP) is 3.26. The maximum atomic E-state index is 12.5. The Morgan fingerprint density at radius 1 is 1.07 bits per heavy atom. The van der Waals surface area contributed by atoms with Crippen LogP contribution in [0, 0.1) is 5.92 Å². The summed E-state index contributed by atoms with van der Waals surface area (Å²) in [5.74, 6) is 7.11. The summed E-state index contributed by atoms with van der Waals surface area (Å²) in [6, 6.07) is 19.6. The minimum Gasteiger partial charge on any atom is -0.348 e. The Morgan fingerprint density at radius 2 is 1.70 bits per heavy atom. The standard InChI is InChI=1S/C20H23N5OS/c1-14(2)18(15-9-5-3-6-10-15)22-17(26)13-27-20-24-23-19(25(20)21)16-11-7-4-8-12-16/h3-12,14,18H,13,21H2,1-2H3,(H,22,26). The number of hydrogen-bond donors (Lipinski definition) is 2. The molecule has 0 spiro atoms. The van der Waals surface area contributed by atoms with E-state index in [2.05, 4.69) is 29.4 Å². The molecule has 0 saturated heterocycles. The lowest BCUT2D eigenvalue weighted by Crippen LogP contribution is -2.33. The highest BCUT2D eigenvalue weighted by Gasteiger charge is 2.19. The molecule has 140 valence electrons. The molecule has 1 amide bonds. The number of rotatable bonds is 7. The van der Waals surface area contributed by atoms with Crippen LogP contribution in [0.2, 0.25) is 0 Å². The molecule has 1 unspecified atom stereocenters. The minimum atomic E-state index is -0.0631. The summed E-state index contributed by atoms with van der Waals surface area (Å²) in [5.41, 5.74) is 1.98. The van der Waals surface area contributed by atoms with E-state index in [1.54, 1.807) is 0 Å². The quantitative estimate of drug-likeness (QED) is 0.485. The molecule has 7 heteroatoms. The van der Waals surface area contributed by atoms with E-state index in [4.69, 9.17) is 5.84 Å². The van der Waals surface area contributed by atoms with Crippen LogP contribution >= 0.6 is 11.8 Å². The third-order valence-corrected chi connectivity index (χ3v) is 5.11. The number of hydrogen-bond acceptors (Lipinski definition) is 5. The number of carbonyl (C=O) groups is 1. The maximum absolute atomic E-state index is 12.5. The molecule has 0 radical (unpaired) electrons. The van der Waals surface area contributed by atoms with Crippen molar-refractivity contribution in [1.82, 2.24) is 20.2 Å². The summed E-state index contributed by atoms with van der Waals surface area (Å²) >= 11 is 1.27. The molecule has 0 bridgehead atoms. The molecule has 3 aromatic rings. The highest BCUT2D eigenvalue weighted by atomic mass is 32.2. The van der Waals surface area contributed by atoms with Gasteiger partial charge in [0.1, 0.15) is 0 Å². The largest absolute Gasteiger partial charge is 0.348 e. The third kappa shape index (κ3) is 4.68. The van der Waals surface area contributed by atoms with Crippen LogP contribution in [0.3, 0.4) is 0 Å². The van der Waals surface area contributed by atoms with Gasteiger partial charge in [0.05, 0.1) is 11.8 Å². The van der Waals surface area contributed by atoms with Gasteiger partial charge in [-0.3, -0.25) is 4.79 Å². The molecule has 1 atom stereocenters. The van der Waals surface area contributed by atoms with Crippen LogP contribution in [0.15, 0.2) is 65.8 Å². The van der Waals surface area contributed by atoms with Crippen molar-refractivity contribution in [3.8, 4) is 11.4 Å². The summed E-state index contributed by atoms with van der Waals surface area (Å²) in [5, 5.41) is 11.9. The van der Waals surface area contributed by atoms with Crippen LogP contribution in [0.4, 0.5) is 0 Å². The number of carbonyl (C=O) groups excluding carboxylic acids is 1. The van der Waals surface area contributed by atoms with Crippen molar-refractivity contribution in [2.75, 3.05) is 11.6 Å². The smallest absolute Gasteiger partial charge is 0.230 e. The highest BCUT2D eigenvalue weighted by molar-refractivity contribution is 7.99. The summed E-state index contributed by atoms with van der Waals surface area (Å²) in [6.45, 7) is 4.18. The number of nitrogen functional groups attached to an aromatic ring is 1. The minimum absolute atomic E-state index is 0.0325. The Morgan fingerprint density at radius 3 is 2.33 bits per heavy atom. The second kappa shape index (κ2) is 8.73. The average molecular weight is 382 g/mol. The third-order valence-electron chi connectivity index (χ3n) is 4.17. The molecule has 2 aromatic carbocycles. The summed E-state index contributed by atoms with van der Waals surface area (Å²) in [7, 11) is 0. The number of thioether (sulfide) groups is 1. The second-order valence-electron chi connectivity index (χ2n) is 6.53. The monoisotopic (exact) mass is 381 g/mol. The van der Waals surface area contributed by atoms with E-state index >= 15 is 0 Å². The molecule has 0 aliphatic rings. The van der Waals surface area contributed by atoms with Crippen molar-refractivity contribution in [3.05, 3.63) is 66.2 Å². The Kier molecular flexibility index (Phi) is 6.13. The van der Waals surface area contributed by atoms with Crippen molar-refractivity contribution in [3.63, 3.8) is 0 Å². The molecule has 1 aromatic heterocycles. The fourth-order valence-corrected chi connectivity index (χ4v) is 3.47. The van der Waals surface area contributed by atoms with Crippen molar-refractivity contribution in [2.45, 2.75) is 25.0 Å². The SMILES string of the molecule is CC(C)C(NC(=O)CSc1nnc(-c2ccccc2)n1N)c1ccccc1. The van der Waals surface area contributed by atoms with Gasteiger partial charge in [-0.1, -0.05) is 86.3 Å². The van der Waals surface area contributed by atoms with E-state index in [0.717, 1.165) is 11.1 Å². The fraction of sp³-hybridized carbons (Fsp3) is 0.250. The average Bonchev–Trinajstić information content (AvgIpc) is 3.06. The second-order valence-corrected chi connectivity index (χ2v) is 7.47. The first-order chi connectivity index (χ1) is 13.1. The predicted molar refractivity (Wildman–Crippen MR) is 108 cm³/mol. The lowest BCUT2D eigenvalue weighted by molar-refractivity contribution is -0.119. The Bertz CT molecular complexity index is 880. The van der Waals surface area contributed by atoms with E-state index in [-0.39, 0.29) is 23.6 Å². The molecule has 0 fully saturated rings. The Labute approximate surface area is 163 Å². The molecule has 27 heavy (non-hydrogen) atoms. The van der Waals surface area contributed by atoms with Crippen LogP contribution in [-0.4, -0.2) is 26.5 Å². The van der Waals surface area contributed by atoms with Crippen molar-refractivity contribution < 1.29 is 4.79 Å². The molecule has 3 rings (SSSR count). The Hall–Kier alpha value is -2.80. The fourth-order valence-electron chi connectivity index (χ4n) is 2.80. The molecule has 6 nitrogen and oxygen atoms in total. The van der Waals surface area contributed by atoms with Crippen LogP contribution in [0.25, 0.3) is 11.4 Å². The molecule has 0 saturated carbocycles.